The van der Waals surface area contributed by atoms with Crippen LogP contribution in [-0.4, -0.2) is 28.0 Å². The summed E-state index contributed by atoms with van der Waals surface area (Å²) in [6.45, 7) is 3.18. The van der Waals surface area contributed by atoms with Gasteiger partial charge in [0.2, 0.25) is 5.82 Å². The fourth-order valence-corrected chi connectivity index (χ4v) is 1.86. The van der Waals surface area contributed by atoms with Crippen molar-refractivity contribution in [1.29, 1.82) is 0 Å². The summed E-state index contributed by atoms with van der Waals surface area (Å²) in [4.78, 5) is 19.0. The minimum Gasteiger partial charge on any atom is -0.370 e. The lowest BCUT2D eigenvalue weighted by Crippen LogP contribution is -2.10. The Morgan fingerprint density at radius 3 is 2.76 bits per heavy atom. The second-order valence-corrected chi connectivity index (χ2v) is 4.35. The molecule has 0 saturated heterocycles. The number of anilines is 2. The molecule has 0 atom stereocenters. The van der Waals surface area contributed by atoms with Gasteiger partial charge in [-0.15, -0.1) is 0 Å². The summed E-state index contributed by atoms with van der Waals surface area (Å²) in [5, 5.41) is 17.1. The zero-order chi connectivity index (χ0) is 15.1. The standard InChI is InChI=1S/C14H17N5O2/c1-2-15-13-7-6-12(19(20)21)14(18-13)17-10-8-11-5-3-4-9-16-11/h3-7,9H,2,8,10H2,1H3,(H2,15,17,18). The molecule has 0 spiro atoms. The molecule has 7 heteroatoms. The molecule has 0 bridgehead atoms. The van der Waals surface area contributed by atoms with E-state index in [1.165, 1.54) is 6.07 Å². The number of nitrogens with one attached hydrogen (secondary N) is 2. The van der Waals surface area contributed by atoms with Crippen LogP contribution in [0.5, 0.6) is 0 Å². The van der Waals surface area contributed by atoms with E-state index >= 15 is 0 Å². The topological polar surface area (TPSA) is 93.0 Å². The summed E-state index contributed by atoms with van der Waals surface area (Å²) < 4.78 is 0. The largest absolute Gasteiger partial charge is 0.370 e. The third-order valence-electron chi connectivity index (χ3n) is 2.83. The minimum absolute atomic E-state index is 0.0299. The Hall–Kier alpha value is -2.70. The summed E-state index contributed by atoms with van der Waals surface area (Å²) in [7, 11) is 0. The van der Waals surface area contributed by atoms with Gasteiger partial charge in [-0.3, -0.25) is 15.1 Å². The molecule has 0 unspecified atom stereocenters. The number of aromatic nitrogens is 2. The Morgan fingerprint density at radius 1 is 1.24 bits per heavy atom. The van der Waals surface area contributed by atoms with Gasteiger partial charge in [-0.25, -0.2) is 4.98 Å². The van der Waals surface area contributed by atoms with Gasteiger partial charge >= 0.3 is 5.69 Å². The number of hydrogen-bond donors (Lipinski definition) is 2. The van der Waals surface area contributed by atoms with E-state index in [2.05, 4.69) is 20.6 Å². The van der Waals surface area contributed by atoms with Crippen molar-refractivity contribution in [2.24, 2.45) is 0 Å². The first-order valence-corrected chi connectivity index (χ1v) is 6.73. The number of nitrogens with zero attached hydrogens (tertiary/aromatic N) is 3. The number of pyridine rings is 2. The smallest absolute Gasteiger partial charge is 0.311 e. The molecule has 21 heavy (non-hydrogen) atoms. The predicted octanol–water partition coefficient (Wildman–Crippen LogP) is 2.47. The van der Waals surface area contributed by atoms with E-state index in [0.29, 0.717) is 25.3 Å². The zero-order valence-electron chi connectivity index (χ0n) is 11.7. The Balaban J connectivity index is 2.06. The highest BCUT2D eigenvalue weighted by atomic mass is 16.6. The maximum Gasteiger partial charge on any atom is 0.311 e. The van der Waals surface area contributed by atoms with Crippen molar-refractivity contribution in [2.75, 3.05) is 23.7 Å². The molecular formula is C14H17N5O2. The first kappa shape index (κ1) is 14.7. The van der Waals surface area contributed by atoms with Crippen LogP contribution in [0.3, 0.4) is 0 Å². The molecule has 0 aliphatic rings. The first-order valence-electron chi connectivity index (χ1n) is 6.73. The van der Waals surface area contributed by atoms with Crippen molar-refractivity contribution < 1.29 is 4.92 Å². The SMILES string of the molecule is CCNc1ccc([N+](=O)[O-])c(NCCc2ccccn2)n1. The van der Waals surface area contributed by atoms with Crippen LogP contribution in [0.2, 0.25) is 0 Å². The number of rotatable bonds is 7. The molecule has 2 aromatic heterocycles. The van der Waals surface area contributed by atoms with Crippen LogP contribution >= 0.6 is 0 Å². The third kappa shape index (κ3) is 4.13. The number of hydrogen-bond acceptors (Lipinski definition) is 6. The lowest BCUT2D eigenvalue weighted by Gasteiger charge is -2.08. The second-order valence-electron chi connectivity index (χ2n) is 4.35. The quantitative estimate of drug-likeness (QED) is 0.600. The van der Waals surface area contributed by atoms with Crippen LogP contribution in [0, 0.1) is 10.1 Å². The maximum atomic E-state index is 11.0. The lowest BCUT2D eigenvalue weighted by atomic mass is 10.2. The van der Waals surface area contributed by atoms with E-state index in [0.717, 1.165) is 5.69 Å². The molecule has 2 heterocycles. The van der Waals surface area contributed by atoms with Gasteiger partial charge in [0, 0.05) is 37.5 Å². The normalized spacial score (nSPS) is 10.1. The van der Waals surface area contributed by atoms with Crippen molar-refractivity contribution in [2.45, 2.75) is 13.3 Å². The van der Waals surface area contributed by atoms with E-state index in [4.69, 9.17) is 0 Å². The van der Waals surface area contributed by atoms with Crippen LogP contribution in [-0.2, 0) is 6.42 Å². The molecule has 0 aliphatic heterocycles. The molecule has 0 aromatic carbocycles. The maximum absolute atomic E-state index is 11.0. The molecule has 0 fully saturated rings. The van der Waals surface area contributed by atoms with Crippen LogP contribution < -0.4 is 10.6 Å². The Kier molecular flexibility index (Phi) is 5.03. The molecule has 2 N–H and O–H groups in total. The second kappa shape index (κ2) is 7.18. The molecule has 0 amide bonds. The van der Waals surface area contributed by atoms with Gasteiger partial charge in [0.15, 0.2) is 0 Å². The summed E-state index contributed by atoms with van der Waals surface area (Å²) in [6, 6.07) is 8.73. The Bertz CT molecular complexity index is 604. The van der Waals surface area contributed by atoms with Gasteiger partial charge in [0.25, 0.3) is 0 Å². The van der Waals surface area contributed by atoms with Crippen molar-refractivity contribution in [3.05, 3.63) is 52.3 Å². The molecule has 7 nitrogen and oxygen atoms in total. The van der Waals surface area contributed by atoms with Gasteiger partial charge in [-0.1, -0.05) is 6.07 Å². The third-order valence-corrected chi connectivity index (χ3v) is 2.83. The summed E-state index contributed by atoms with van der Waals surface area (Å²) >= 11 is 0. The Morgan fingerprint density at radius 2 is 2.10 bits per heavy atom. The monoisotopic (exact) mass is 287 g/mol. The Labute approximate surface area is 122 Å². The summed E-state index contributed by atoms with van der Waals surface area (Å²) in [5.41, 5.74) is 0.896. The van der Waals surface area contributed by atoms with Crippen LogP contribution in [0.1, 0.15) is 12.6 Å². The zero-order valence-corrected chi connectivity index (χ0v) is 11.7. The summed E-state index contributed by atoms with van der Waals surface area (Å²) in [5.74, 6) is 0.887. The van der Waals surface area contributed by atoms with Crippen LogP contribution in [0.15, 0.2) is 36.5 Å². The fourth-order valence-electron chi connectivity index (χ4n) is 1.86. The predicted molar refractivity (Wildman–Crippen MR) is 81.5 cm³/mol. The van der Waals surface area contributed by atoms with Crippen LogP contribution in [0.25, 0.3) is 0 Å². The minimum atomic E-state index is -0.439. The average molecular weight is 287 g/mol. The van der Waals surface area contributed by atoms with Gasteiger partial charge in [0.1, 0.15) is 5.82 Å². The highest BCUT2D eigenvalue weighted by Gasteiger charge is 2.15. The molecule has 0 aliphatic carbocycles. The molecule has 2 aromatic rings. The molecule has 0 saturated carbocycles. The number of nitro groups is 1. The fraction of sp³-hybridized carbons (Fsp3) is 0.286. The van der Waals surface area contributed by atoms with Crippen molar-refractivity contribution in [3.63, 3.8) is 0 Å². The van der Waals surface area contributed by atoms with E-state index < -0.39 is 4.92 Å². The highest BCUT2D eigenvalue weighted by Crippen LogP contribution is 2.23. The van der Waals surface area contributed by atoms with Gasteiger partial charge < -0.3 is 10.6 Å². The van der Waals surface area contributed by atoms with Gasteiger partial charge in [0.05, 0.1) is 4.92 Å². The molecule has 110 valence electrons. The van der Waals surface area contributed by atoms with E-state index in [1.54, 1.807) is 12.3 Å². The molecular weight excluding hydrogens is 270 g/mol. The average Bonchev–Trinajstić information content (AvgIpc) is 2.49. The highest BCUT2D eigenvalue weighted by molar-refractivity contribution is 5.60. The molecule has 2 rings (SSSR count). The van der Waals surface area contributed by atoms with Crippen molar-refractivity contribution in [3.8, 4) is 0 Å². The molecule has 0 radical (unpaired) electrons. The van der Waals surface area contributed by atoms with E-state index in [-0.39, 0.29) is 11.5 Å². The first-order chi connectivity index (χ1) is 10.2. The lowest BCUT2D eigenvalue weighted by molar-refractivity contribution is -0.384. The van der Waals surface area contributed by atoms with Crippen molar-refractivity contribution in [1.82, 2.24) is 9.97 Å². The van der Waals surface area contributed by atoms with Gasteiger partial charge in [-0.05, 0) is 25.1 Å². The van der Waals surface area contributed by atoms with Gasteiger partial charge in [-0.2, -0.15) is 0 Å². The van der Waals surface area contributed by atoms with Crippen LogP contribution in [0.4, 0.5) is 17.3 Å². The summed E-state index contributed by atoms with van der Waals surface area (Å²) in [6.07, 6.45) is 2.40. The van der Waals surface area contributed by atoms with E-state index in [9.17, 15) is 10.1 Å². The van der Waals surface area contributed by atoms with E-state index in [1.807, 2.05) is 25.1 Å². The van der Waals surface area contributed by atoms with Crippen molar-refractivity contribution >= 4 is 17.3 Å².